The lowest BCUT2D eigenvalue weighted by Gasteiger charge is -2.12. The van der Waals surface area contributed by atoms with Crippen LogP contribution in [-0.4, -0.2) is 27.0 Å². The summed E-state index contributed by atoms with van der Waals surface area (Å²) in [5.41, 5.74) is 0.945. The molecule has 1 atom stereocenters. The first-order valence-corrected chi connectivity index (χ1v) is 5.99. The molecule has 6 heteroatoms. The maximum absolute atomic E-state index is 12.0. The van der Waals surface area contributed by atoms with Crippen LogP contribution in [0.15, 0.2) is 42.7 Å². The second-order valence-electron chi connectivity index (χ2n) is 4.19. The van der Waals surface area contributed by atoms with Gasteiger partial charge >= 0.3 is 5.97 Å². The van der Waals surface area contributed by atoms with Crippen LogP contribution in [0.2, 0.25) is 0 Å². The Morgan fingerprint density at radius 1 is 1.20 bits per heavy atom. The molecule has 0 saturated heterocycles. The molecule has 0 spiro atoms. The molecule has 1 amide bonds. The SMILES string of the molecule is CC(NC(=O)c1ccc(C(=O)O)cn1)c1ccccn1. The zero-order valence-corrected chi connectivity index (χ0v) is 10.8. The van der Waals surface area contributed by atoms with E-state index in [4.69, 9.17) is 5.11 Å². The molecule has 0 aliphatic carbocycles. The van der Waals surface area contributed by atoms with Gasteiger partial charge in [0.15, 0.2) is 0 Å². The van der Waals surface area contributed by atoms with Crippen LogP contribution in [0.4, 0.5) is 0 Å². The van der Waals surface area contributed by atoms with Crippen molar-refractivity contribution >= 4 is 11.9 Å². The minimum absolute atomic E-state index is 0.0410. The summed E-state index contributed by atoms with van der Waals surface area (Å²) >= 11 is 0. The lowest BCUT2D eigenvalue weighted by molar-refractivity contribution is 0.0695. The van der Waals surface area contributed by atoms with Crippen LogP contribution in [0.5, 0.6) is 0 Å². The molecule has 1 unspecified atom stereocenters. The number of nitrogens with one attached hydrogen (secondary N) is 1. The fourth-order valence-corrected chi connectivity index (χ4v) is 1.63. The standard InChI is InChI=1S/C14H13N3O3/c1-9(11-4-2-3-7-15-11)17-13(18)12-6-5-10(8-16-12)14(19)20/h2-9H,1H3,(H,17,18)(H,19,20). The minimum Gasteiger partial charge on any atom is -0.478 e. The van der Waals surface area contributed by atoms with Gasteiger partial charge in [-0.3, -0.25) is 14.8 Å². The van der Waals surface area contributed by atoms with Gasteiger partial charge in [-0.05, 0) is 31.2 Å². The van der Waals surface area contributed by atoms with Gasteiger partial charge in [-0.15, -0.1) is 0 Å². The summed E-state index contributed by atoms with van der Waals surface area (Å²) in [5.74, 6) is -1.45. The number of nitrogens with zero attached hydrogens (tertiary/aromatic N) is 2. The van der Waals surface area contributed by atoms with E-state index < -0.39 is 5.97 Å². The summed E-state index contributed by atoms with van der Waals surface area (Å²) < 4.78 is 0. The van der Waals surface area contributed by atoms with Crippen LogP contribution in [0.3, 0.4) is 0 Å². The van der Waals surface area contributed by atoms with Crippen LogP contribution < -0.4 is 5.32 Å². The smallest absolute Gasteiger partial charge is 0.337 e. The maximum Gasteiger partial charge on any atom is 0.337 e. The Balaban J connectivity index is 2.06. The van der Waals surface area contributed by atoms with E-state index in [9.17, 15) is 9.59 Å². The van der Waals surface area contributed by atoms with Gasteiger partial charge in [0.25, 0.3) is 5.91 Å². The molecule has 2 rings (SSSR count). The van der Waals surface area contributed by atoms with Crippen molar-refractivity contribution in [2.75, 3.05) is 0 Å². The predicted molar refractivity (Wildman–Crippen MR) is 71.3 cm³/mol. The van der Waals surface area contributed by atoms with E-state index in [-0.39, 0.29) is 23.2 Å². The lowest BCUT2D eigenvalue weighted by Crippen LogP contribution is -2.28. The molecular formula is C14H13N3O3. The van der Waals surface area contributed by atoms with Gasteiger partial charge in [-0.2, -0.15) is 0 Å². The molecule has 0 aliphatic heterocycles. The van der Waals surface area contributed by atoms with E-state index in [1.54, 1.807) is 12.3 Å². The van der Waals surface area contributed by atoms with E-state index in [2.05, 4.69) is 15.3 Å². The Bertz CT molecular complexity index is 611. The monoisotopic (exact) mass is 271 g/mol. The number of carboxylic acid groups (broad SMARTS) is 1. The third kappa shape index (κ3) is 3.17. The summed E-state index contributed by atoms with van der Waals surface area (Å²) in [7, 11) is 0. The highest BCUT2D eigenvalue weighted by molar-refractivity contribution is 5.93. The van der Waals surface area contributed by atoms with Gasteiger partial charge in [-0.25, -0.2) is 4.79 Å². The zero-order valence-electron chi connectivity index (χ0n) is 10.8. The van der Waals surface area contributed by atoms with E-state index in [1.165, 1.54) is 12.1 Å². The summed E-state index contributed by atoms with van der Waals surface area (Å²) in [4.78, 5) is 30.6. The summed E-state index contributed by atoms with van der Waals surface area (Å²) in [5, 5.41) is 11.5. The zero-order chi connectivity index (χ0) is 14.5. The first-order valence-electron chi connectivity index (χ1n) is 5.99. The second-order valence-corrected chi connectivity index (χ2v) is 4.19. The Hall–Kier alpha value is -2.76. The third-order valence-electron chi connectivity index (χ3n) is 2.72. The molecular weight excluding hydrogens is 258 g/mol. The molecule has 2 N–H and O–H groups in total. The number of pyridine rings is 2. The van der Waals surface area contributed by atoms with Gasteiger partial charge in [0.1, 0.15) is 5.69 Å². The highest BCUT2D eigenvalue weighted by atomic mass is 16.4. The van der Waals surface area contributed by atoms with Gasteiger partial charge in [-0.1, -0.05) is 6.07 Å². The van der Waals surface area contributed by atoms with Crippen molar-refractivity contribution in [1.82, 2.24) is 15.3 Å². The fraction of sp³-hybridized carbons (Fsp3) is 0.143. The molecule has 6 nitrogen and oxygen atoms in total. The van der Waals surface area contributed by atoms with Crippen LogP contribution in [0.25, 0.3) is 0 Å². The normalized spacial score (nSPS) is 11.7. The molecule has 0 aliphatic rings. The molecule has 20 heavy (non-hydrogen) atoms. The molecule has 0 fully saturated rings. The molecule has 0 aromatic carbocycles. The lowest BCUT2D eigenvalue weighted by atomic mass is 10.2. The summed E-state index contributed by atoms with van der Waals surface area (Å²) in [6.07, 6.45) is 2.81. The molecule has 2 aromatic rings. The Labute approximate surface area is 115 Å². The molecule has 0 bridgehead atoms. The van der Waals surface area contributed by atoms with Crippen molar-refractivity contribution in [1.29, 1.82) is 0 Å². The number of hydrogen-bond acceptors (Lipinski definition) is 4. The topological polar surface area (TPSA) is 92.2 Å². The Morgan fingerprint density at radius 2 is 2.00 bits per heavy atom. The first kappa shape index (κ1) is 13.7. The average molecular weight is 271 g/mol. The number of aromatic carboxylic acids is 1. The van der Waals surface area contributed by atoms with Gasteiger partial charge in [0.05, 0.1) is 17.3 Å². The quantitative estimate of drug-likeness (QED) is 0.882. The predicted octanol–water partition coefficient (Wildman–Crippen LogP) is 1.67. The highest BCUT2D eigenvalue weighted by Gasteiger charge is 2.13. The average Bonchev–Trinajstić information content (AvgIpc) is 2.48. The van der Waals surface area contributed by atoms with Crippen molar-refractivity contribution in [3.05, 3.63) is 59.7 Å². The molecule has 0 radical (unpaired) electrons. The van der Waals surface area contributed by atoms with Gasteiger partial charge in [0, 0.05) is 12.4 Å². The van der Waals surface area contributed by atoms with Crippen molar-refractivity contribution < 1.29 is 14.7 Å². The Kier molecular flexibility index (Phi) is 4.05. The summed E-state index contributed by atoms with van der Waals surface area (Å²) in [6, 6.07) is 7.91. The van der Waals surface area contributed by atoms with Crippen LogP contribution in [-0.2, 0) is 0 Å². The van der Waals surface area contributed by atoms with Crippen LogP contribution in [0, 0.1) is 0 Å². The Morgan fingerprint density at radius 3 is 2.55 bits per heavy atom. The largest absolute Gasteiger partial charge is 0.478 e. The number of carbonyl (C=O) groups excluding carboxylic acids is 1. The van der Waals surface area contributed by atoms with Crippen LogP contribution >= 0.6 is 0 Å². The van der Waals surface area contributed by atoms with Crippen molar-refractivity contribution in [2.24, 2.45) is 0 Å². The van der Waals surface area contributed by atoms with E-state index in [0.717, 1.165) is 11.9 Å². The molecule has 2 aromatic heterocycles. The molecule has 102 valence electrons. The summed E-state index contributed by atoms with van der Waals surface area (Å²) in [6.45, 7) is 1.81. The number of carboxylic acids is 1. The second kappa shape index (κ2) is 5.92. The highest BCUT2D eigenvalue weighted by Crippen LogP contribution is 2.09. The van der Waals surface area contributed by atoms with Crippen molar-refractivity contribution in [2.45, 2.75) is 13.0 Å². The molecule has 0 saturated carbocycles. The fourth-order valence-electron chi connectivity index (χ4n) is 1.63. The first-order chi connectivity index (χ1) is 9.58. The van der Waals surface area contributed by atoms with Crippen molar-refractivity contribution in [3.8, 4) is 0 Å². The van der Waals surface area contributed by atoms with E-state index >= 15 is 0 Å². The third-order valence-corrected chi connectivity index (χ3v) is 2.72. The van der Waals surface area contributed by atoms with Crippen LogP contribution in [0.1, 0.15) is 39.5 Å². The minimum atomic E-state index is -1.08. The van der Waals surface area contributed by atoms with E-state index in [0.29, 0.717) is 0 Å². The number of aromatic nitrogens is 2. The number of amides is 1. The number of carbonyl (C=O) groups is 2. The van der Waals surface area contributed by atoms with Gasteiger partial charge < -0.3 is 10.4 Å². The van der Waals surface area contributed by atoms with E-state index in [1.807, 2.05) is 19.1 Å². The van der Waals surface area contributed by atoms with Gasteiger partial charge in [0.2, 0.25) is 0 Å². The number of rotatable bonds is 4. The maximum atomic E-state index is 12.0. The van der Waals surface area contributed by atoms with Crippen molar-refractivity contribution in [3.63, 3.8) is 0 Å². The number of hydrogen-bond donors (Lipinski definition) is 2. The molecule has 2 heterocycles.